The van der Waals surface area contributed by atoms with Crippen LogP contribution in [-0.4, -0.2) is 27.5 Å². The Balaban J connectivity index is 0.00000320. The monoisotopic (exact) mass is 510 g/mol. The molecule has 5 rings (SSSR count). The van der Waals surface area contributed by atoms with Crippen LogP contribution in [0.2, 0.25) is 0 Å². The first kappa shape index (κ1) is 25.8. The minimum atomic E-state index is -0.231. The number of nitrogens with zero attached hydrogens (tertiary/aromatic N) is 3. The van der Waals surface area contributed by atoms with Gasteiger partial charge in [-0.15, -0.1) is 12.4 Å². The van der Waals surface area contributed by atoms with E-state index in [1.54, 1.807) is 36.7 Å². The summed E-state index contributed by atoms with van der Waals surface area (Å²) in [6.45, 7) is 0.780. The Kier molecular flexibility index (Phi) is 8.11. The molecule has 37 heavy (non-hydrogen) atoms. The number of hydrogen-bond acceptors (Lipinski definition) is 4. The van der Waals surface area contributed by atoms with Crippen molar-refractivity contribution < 1.29 is 9.59 Å². The Morgan fingerprint density at radius 2 is 1.30 bits per heavy atom. The van der Waals surface area contributed by atoms with Crippen LogP contribution in [0, 0.1) is 0 Å². The lowest BCUT2D eigenvalue weighted by Gasteiger charge is -2.14. The number of carbonyl (C=O) groups excluding carboxylic acids is 2. The summed E-state index contributed by atoms with van der Waals surface area (Å²) in [7, 11) is 0. The number of nitrogens with two attached hydrogens (primary N) is 1. The fourth-order valence-electron chi connectivity index (χ4n) is 4.27. The van der Waals surface area contributed by atoms with E-state index in [4.69, 9.17) is 5.73 Å². The summed E-state index contributed by atoms with van der Waals surface area (Å²) >= 11 is 0. The van der Waals surface area contributed by atoms with E-state index in [0.29, 0.717) is 23.5 Å². The number of carbonyl (C=O) groups is 2. The van der Waals surface area contributed by atoms with E-state index in [1.165, 1.54) is 16.0 Å². The number of amides is 2. The highest BCUT2D eigenvalue weighted by Crippen LogP contribution is 2.24. The Labute approximate surface area is 222 Å². The molecule has 7 heteroatoms. The van der Waals surface area contributed by atoms with Gasteiger partial charge in [-0.3, -0.25) is 24.5 Å². The summed E-state index contributed by atoms with van der Waals surface area (Å²) in [5.74, 6) is 0.0517. The van der Waals surface area contributed by atoms with Gasteiger partial charge in [0.05, 0.1) is 24.2 Å². The van der Waals surface area contributed by atoms with Gasteiger partial charge in [-0.25, -0.2) is 0 Å². The van der Waals surface area contributed by atoms with Gasteiger partial charge < -0.3 is 5.73 Å². The number of aromatic nitrogens is 1. The molecule has 0 atom stereocenters. The van der Waals surface area contributed by atoms with Crippen LogP contribution in [0.1, 0.15) is 48.5 Å². The number of halogens is 1. The second kappa shape index (κ2) is 11.6. The van der Waals surface area contributed by atoms with Crippen molar-refractivity contribution in [2.45, 2.75) is 25.9 Å². The lowest BCUT2D eigenvalue weighted by molar-refractivity contribution is 0.0642. The first-order valence-corrected chi connectivity index (χ1v) is 11.9. The van der Waals surface area contributed by atoms with Crippen LogP contribution in [0.15, 0.2) is 102 Å². The maximum absolute atomic E-state index is 12.6. The molecule has 2 amide bonds. The smallest absolute Gasteiger partial charge is 0.261 e. The topological polar surface area (TPSA) is 88.7 Å². The fraction of sp³-hybridized carbons (Fsp3) is 0.133. The molecule has 6 nitrogen and oxygen atoms in total. The third kappa shape index (κ3) is 5.93. The van der Waals surface area contributed by atoms with Gasteiger partial charge in [0, 0.05) is 18.0 Å². The molecule has 2 heterocycles. The zero-order valence-electron chi connectivity index (χ0n) is 20.2. The summed E-state index contributed by atoms with van der Waals surface area (Å²) < 4.78 is 0. The van der Waals surface area contributed by atoms with Gasteiger partial charge in [-0.05, 0) is 53.3 Å². The summed E-state index contributed by atoms with van der Waals surface area (Å²) in [5.41, 5.74) is 12.4. The molecule has 2 N–H and O–H groups in total. The number of imide groups is 1. The molecule has 0 spiro atoms. The van der Waals surface area contributed by atoms with Crippen molar-refractivity contribution in [1.82, 2.24) is 9.88 Å². The van der Waals surface area contributed by atoms with Gasteiger partial charge in [0.25, 0.3) is 11.8 Å². The number of aliphatic imine (C=N–C) groups is 1. The molecule has 3 aromatic carbocycles. The van der Waals surface area contributed by atoms with Crippen molar-refractivity contribution in [2.75, 3.05) is 0 Å². The van der Waals surface area contributed by atoms with E-state index in [9.17, 15) is 9.59 Å². The van der Waals surface area contributed by atoms with E-state index in [1.807, 2.05) is 36.4 Å². The fourth-order valence-corrected chi connectivity index (χ4v) is 4.27. The lowest BCUT2D eigenvalue weighted by Crippen LogP contribution is -2.29. The van der Waals surface area contributed by atoms with Gasteiger partial charge in [0.1, 0.15) is 5.84 Å². The van der Waals surface area contributed by atoms with Crippen LogP contribution in [0.4, 0.5) is 0 Å². The van der Waals surface area contributed by atoms with Gasteiger partial charge >= 0.3 is 0 Å². The molecule has 0 bridgehead atoms. The average Bonchev–Trinajstić information content (AvgIpc) is 3.17. The quantitative estimate of drug-likeness (QED) is 0.205. The molecular formula is C30H27ClN4O2. The molecule has 0 unspecified atom stereocenters. The lowest BCUT2D eigenvalue weighted by atomic mass is 10.0. The molecule has 186 valence electrons. The molecule has 0 fully saturated rings. The van der Waals surface area contributed by atoms with E-state index in [2.05, 4.69) is 34.2 Å². The van der Waals surface area contributed by atoms with Gasteiger partial charge in [0.2, 0.25) is 0 Å². The Bertz CT molecular complexity index is 1380. The Morgan fingerprint density at radius 3 is 1.86 bits per heavy atom. The molecule has 0 radical (unpaired) electrons. The predicted molar refractivity (Wildman–Crippen MR) is 147 cm³/mol. The van der Waals surface area contributed by atoms with Crippen molar-refractivity contribution in [3.05, 3.63) is 136 Å². The number of hydrogen-bond donors (Lipinski definition) is 1. The van der Waals surface area contributed by atoms with Crippen molar-refractivity contribution in [3.8, 4) is 0 Å². The maximum atomic E-state index is 12.6. The van der Waals surface area contributed by atoms with Crippen LogP contribution in [-0.2, 0) is 25.9 Å². The number of fused-ring (bicyclic) bond motifs is 1. The number of rotatable bonds is 8. The third-order valence-electron chi connectivity index (χ3n) is 6.35. The van der Waals surface area contributed by atoms with Crippen LogP contribution in [0.25, 0.3) is 0 Å². The molecule has 4 aromatic rings. The van der Waals surface area contributed by atoms with Crippen molar-refractivity contribution in [3.63, 3.8) is 0 Å². The molecule has 1 aromatic heterocycles. The van der Waals surface area contributed by atoms with Crippen LogP contribution in [0.5, 0.6) is 0 Å². The van der Waals surface area contributed by atoms with Crippen LogP contribution in [0.3, 0.4) is 0 Å². The molecule has 0 saturated heterocycles. The third-order valence-corrected chi connectivity index (χ3v) is 6.35. The zero-order valence-corrected chi connectivity index (χ0v) is 21.0. The van der Waals surface area contributed by atoms with Gasteiger partial charge in [-0.2, -0.15) is 0 Å². The minimum Gasteiger partial charge on any atom is -0.383 e. The van der Waals surface area contributed by atoms with E-state index < -0.39 is 0 Å². The summed E-state index contributed by atoms with van der Waals surface area (Å²) in [6, 6.07) is 27.1. The first-order chi connectivity index (χ1) is 17.6. The number of amidine groups is 1. The largest absolute Gasteiger partial charge is 0.383 e. The predicted octanol–water partition coefficient (Wildman–Crippen LogP) is 4.99. The summed E-state index contributed by atoms with van der Waals surface area (Å²) in [5, 5.41) is 0. The van der Waals surface area contributed by atoms with Crippen molar-refractivity contribution >= 4 is 30.1 Å². The SMILES string of the molecule is Cl.NC(=NCc1cccnc1)c1ccc(CCc2ccc(CN3C(=O)c4ccccc4C3=O)cc2)cc1. The number of benzene rings is 3. The normalized spacial score (nSPS) is 12.9. The Hall–Kier alpha value is -4.29. The van der Waals surface area contributed by atoms with E-state index in [-0.39, 0.29) is 30.8 Å². The minimum absolute atomic E-state index is 0. The second-order valence-electron chi connectivity index (χ2n) is 8.82. The number of aryl methyl sites for hydroxylation is 2. The molecular weight excluding hydrogens is 484 g/mol. The molecule has 1 aliphatic rings. The maximum Gasteiger partial charge on any atom is 0.261 e. The second-order valence-corrected chi connectivity index (χ2v) is 8.82. The summed E-state index contributed by atoms with van der Waals surface area (Å²) in [4.78, 5) is 35.1. The van der Waals surface area contributed by atoms with Crippen LogP contribution >= 0.6 is 12.4 Å². The number of pyridine rings is 1. The first-order valence-electron chi connectivity index (χ1n) is 11.9. The summed E-state index contributed by atoms with van der Waals surface area (Å²) in [6.07, 6.45) is 5.31. The van der Waals surface area contributed by atoms with E-state index in [0.717, 1.165) is 29.5 Å². The van der Waals surface area contributed by atoms with E-state index >= 15 is 0 Å². The van der Waals surface area contributed by atoms with Crippen molar-refractivity contribution in [2.24, 2.45) is 10.7 Å². The highest BCUT2D eigenvalue weighted by atomic mass is 35.5. The zero-order chi connectivity index (χ0) is 24.9. The highest BCUT2D eigenvalue weighted by Gasteiger charge is 2.34. The molecule has 0 saturated carbocycles. The molecule has 1 aliphatic heterocycles. The van der Waals surface area contributed by atoms with Crippen molar-refractivity contribution in [1.29, 1.82) is 0 Å². The Morgan fingerprint density at radius 1 is 0.730 bits per heavy atom. The standard InChI is InChI=1S/C30H26N4O2.ClH/c31-28(33-19-24-4-3-17-32-18-24)25-15-13-22(14-16-25)8-7-21-9-11-23(12-10-21)20-34-29(35)26-5-1-2-6-27(26)30(34)36;/h1-6,9-18H,7-8,19-20H2,(H2,31,33);1H. The molecule has 0 aliphatic carbocycles. The van der Waals surface area contributed by atoms with Gasteiger partial charge in [-0.1, -0.05) is 66.7 Å². The van der Waals surface area contributed by atoms with Crippen LogP contribution < -0.4 is 5.73 Å². The van der Waals surface area contributed by atoms with Gasteiger partial charge in [0.15, 0.2) is 0 Å². The average molecular weight is 511 g/mol. The highest BCUT2D eigenvalue weighted by molar-refractivity contribution is 6.21.